The molecule has 3 aliphatic heterocycles. The first-order chi connectivity index (χ1) is 15.2. The zero-order chi connectivity index (χ0) is 21.1. The molecule has 6 rings (SSSR count). The van der Waals surface area contributed by atoms with E-state index in [4.69, 9.17) is 9.47 Å². The number of hydrogen-bond donors (Lipinski definition) is 1. The average Bonchev–Trinajstić information content (AvgIpc) is 3.40. The number of rotatable bonds is 3. The lowest BCUT2D eigenvalue weighted by Gasteiger charge is -2.47. The maximum atomic E-state index is 13.4. The molecule has 0 spiro atoms. The zero-order valence-corrected chi connectivity index (χ0v) is 17.3. The molecule has 158 valence electrons. The van der Waals surface area contributed by atoms with Crippen molar-refractivity contribution in [2.24, 2.45) is 0 Å². The van der Waals surface area contributed by atoms with Gasteiger partial charge in [-0.3, -0.25) is 9.59 Å². The summed E-state index contributed by atoms with van der Waals surface area (Å²) in [5.74, 6) is 1.37. The van der Waals surface area contributed by atoms with Crippen LogP contribution in [0.25, 0.3) is 10.9 Å². The smallest absolute Gasteiger partial charge is 0.246 e. The SMILES string of the molecule is CCCN1CC(=O)N2[C@@H](c3ccc4c(c3)OCO4)c3[nH]c4ccccc4c3C[C@H]2C1=O. The van der Waals surface area contributed by atoms with Crippen LogP contribution in [0.2, 0.25) is 0 Å². The van der Waals surface area contributed by atoms with Crippen molar-refractivity contribution in [3.8, 4) is 11.5 Å². The van der Waals surface area contributed by atoms with Crippen molar-refractivity contribution in [1.82, 2.24) is 14.8 Å². The van der Waals surface area contributed by atoms with Crippen LogP contribution in [0.15, 0.2) is 42.5 Å². The number of piperazine rings is 1. The van der Waals surface area contributed by atoms with Crippen molar-refractivity contribution >= 4 is 22.7 Å². The van der Waals surface area contributed by atoms with E-state index in [-0.39, 0.29) is 31.2 Å². The molecule has 1 N–H and O–H groups in total. The number of nitrogens with one attached hydrogen (secondary N) is 1. The number of aromatic amines is 1. The summed E-state index contributed by atoms with van der Waals surface area (Å²) < 4.78 is 11.1. The summed E-state index contributed by atoms with van der Waals surface area (Å²) in [6, 6.07) is 13.0. The molecule has 7 heteroatoms. The van der Waals surface area contributed by atoms with Crippen molar-refractivity contribution in [3.63, 3.8) is 0 Å². The number of amides is 2. The Kier molecular flexibility index (Phi) is 4.00. The van der Waals surface area contributed by atoms with Crippen LogP contribution in [0.5, 0.6) is 11.5 Å². The number of aromatic nitrogens is 1. The van der Waals surface area contributed by atoms with E-state index < -0.39 is 6.04 Å². The summed E-state index contributed by atoms with van der Waals surface area (Å²) in [5.41, 5.74) is 4.01. The number of carbonyl (C=O) groups excluding carboxylic acids is 2. The van der Waals surface area contributed by atoms with Gasteiger partial charge in [0, 0.05) is 29.6 Å². The normalized spacial score (nSPS) is 22.1. The standard InChI is InChI=1S/C24H23N3O4/c1-2-9-26-12-21(28)27-18(24(26)29)11-16-15-5-3-4-6-17(15)25-22(16)23(27)14-7-8-19-20(10-14)31-13-30-19/h3-8,10,18,23,25H,2,9,11-13H2,1H3/t18-,23-/m0/s1. The van der Waals surface area contributed by atoms with Gasteiger partial charge < -0.3 is 24.3 Å². The molecule has 0 saturated carbocycles. The summed E-state index contributed by atoms with van der Waals surface area (Å²) in [6.45, 7) is 2.94. The molecule has 7 nitrogen and oxygen atoms in total. The van der Waals surface area contributed by atoms with E-state index in [1.165, 1.54) is 0 Å². The first-order valence-corrected chi connectivity index (χ1v) is 10.7. The predicted molar refractivity (Wildman–Crippen MR) is 114 cm³/mol. The Balaban J connectivity index is 1.54. The molecule has 1 fully saturated rings. The predicted octanol–water partition coefficient (Wildman–Crippen LogP) is 2.99. The van der Waals surface area contributed by atoms with Crippen molar-refractivity contribution in [2.45, 2.75) is 31.8 Å². The maximum absolute atomic E-state index is 13.4. The van der Waals surface area contributed by atoms with Gasteiger partial charge in [0.15, 0.2) is 11.5 Å². The highest BCUT2D eigenvalue weighted by atomic mass is 16.7. The minimum absolute atomic E-state index is 0.0231. The molecule has 2 atom stereocenters. The number of para-hydroxylation sites is 1. The second-order valence-electron chi connectivity index (χ2n) is 8.36. The summed E-state index contributed by atoms with van der Waals surface area (Å²) in [7, 11) is 0. The lowest BCUT2D eigenvalue weighted by Crippen LogP contribution is -2.63. The molecule has 0 aliphatic carbocycles. The van der Waals surface area contributed by atoms with Crippen LogP contribution in [0.4, 0.5) is 0 Å². The first kappa shape index (κ1) is 18.3. The largest absolute Gasteiger partial charge is 0.454 e. The van der Waals surface area contributed by atoms with Gasteiger partial charge in [0.1, 0.15) is 6.04 Å². The first-order valence-electron chi connectivity index (χ1n) is 10.7. The molecule has 31 heavy (non-hydrogen) atoms. The highest BCUT2D eigenvalue weighted by molar-refractivity contribution is 5.97. The van der Waals surface area contributed by atoms with Gasteiger partial charge >= 0.3 is 0 Å². The molecule has 2 aromatic carbocycles. The van der Waals surface area contributed by atoms with Crippen LogP contribution in [0, 0.1) is 0 Å². The van der Waals surface area contributed by atoms with E-state index in [2.05, 4.69) is 11.1 Å². The Bertz CT molecular complexity index is 1220. The lowest BCUT2D eigenvalue weighted by molar-refractivity contribution is -0.158. The van der Waals surface area contributed by atoms with Crippen molar-refractivity contribution in [3.05, 3.63) is 59.3 Å². The second-order valence-corrected chi connectivity index (χ2v) is 8.36. The van der Waals surface area contributed by atoms with Gasteiger partial charge in [-0.05, 0) is 35.7 Å². The molecule has 3 aromatic rings. The van der Waals surface area contributed by atoms with Crippen LogP contribution in [-0.2, 0) is 16.0 Å². The fraction of sp³-hybridized carbons (Fsp3) is 0.333. The number of benzene rings is 2. The van der Waals surface area contributed by atoms with E-state index in [9.17, 15) is 9.59 Å². The van der Waals surface area contributed by atoms with Gasteiger partial charge in [-0.2, -0.15) is 0 Å². The molecular weight excluding hydrogens is 394 g/mol. The Labute approximate surface area is 179 Å². The Hall–Kier alpha value is -3.48. The Morgan fingerprint density at radius 2 is 1.94 bits per heavy atom. The van der Waals surface area contributed by atoms with Crippen LogP contribution in [0.3, 0.4) is 0 Å². The summed E-state index contributed by atoms with van der Waals surface area (Å²) in [5, 5.41) is 1.11. The third-order valence-electron chi connectivity index (χ3n) is 6.55. The van der Waals surface area contributed by atoms with E-state index in [0.717, 1.165) is 34.1 Å². The maximum Gasteiger partial charge on any atom is 0.246 e. The number of nitrogens with zero attached hydrogens (tertiary/aromatic N) is 2. The van der Waals surface area contributed by atoms with Crippen LogP contribution in [-0.4, -0.2) is 52.5 Å². The molecule has 2 amide bonds. The van der Waals surface area contributed by atoms with Crippen molar-refractivity contribution < 1.29 is 19.1 Å². The minimum Gasteiger partial charge on any atom is -0.454 e. The molecular formula is C24H23N3O4. The van der Waals surface area contributed by atoms with Crippen LogP contribution >= 0.6 is 0 Å². The number of H-pyrrole nitrogens is 1. The van der Waals surface area contributed by atoms with E-state index in [1.54, 1.807) is 9.80 Å². The summed E-state index contributed by atoms with van der Waals surface area (Å²) in [6.07, 6.45) is 1.35. The molecule has 1 saturated heterocycles. The molecule has 1 aromatic heterocycles. The Morgan fingerprint density at radius 1 is 1.10 bits per heavy atom. The van der Waals surface area contributed by atoms with Gasteiger partial charge in [0.2, 0.25) is 18.6 Å². The highest BCUT2D eigenvalue weighted by Gasteiger charge is 2.48. The number of ether oxygens (including phenoxy) is 2. The van der Waals surface area contributed by atoms with Crippen LogP contribution < -0.4 is 9.47 Å². The average molecular weight is 417 g/mol. The second kappa shape index (κ2) is 6.77. The molecule has 0 unspecified atom stereocenters. The minimum atomic E-state index is -0.505. The monoisotopic (exact) mass is 417 g/mol. The fourth-order valence-electron chi connectivity index (χ4n) is 5.21. The van der Waals surface area contributed by atoms with Gasteiger partial charge in [-0.15, -0.1) is 0 Å². The van der Waals surface area contributed by atoms with Crippen molar-refractivity contribution in [2.75, 3.05) is 19.9 Å². The fourth-order valence-corrected chi connectivity index (χ4v) is 5.21. The summed E-state index contributed by atoms with van der Waals surface area (Å²) in [4.78, 5) is 33.8. The van der Waals surface area contributed by atoms with Gasteiger partial charge in [0.05, 0.1) is 12.6 Å². The Morgan fingerprint density at radius 3 is 2.81 bits per heavy atom. The van der Waals surface area contributed by atoms with Gasteiger partial charge in [-0.25, -0.2) is 0 Å². The molecule has 0 bridgehead atoms. The number of hydrogen-bond acceptors (Lipinski definition) is 4. The topological polar surface area (TPSA) is 74.9 Å². The van der Waals surface area contributed by atoms with E-state index >= 15 is 0 Å². The highest BCUT2D eigenvalue weighted by Crippen LogP contribution is 2.44. The zero-order valence-electron chi connectivity index (χ0n) is 17.3. The third-order valence-corrected chi connectivity index (χ3v) is 6.55. The quantitative estimate of drug-likeness (QED) is 0.711. The molecule has 4 heterocycles. The lowest BCUT2D eigenvalue weighted by atomic mass is 9.86. The van der Waals surface area contributed by atoms with Gasteiger partial charge in [0.25, 0.3) is 0 Å². The van der Waals surface area contributed by atoms with E-state index in [1.807, 2.05) is 43.3 Å². The van der Waals surface area contributed by atoms with Gasteiger partial charge in [-0.1, -0.05) is 31.2 Å². The van der Waals surface area contributed by atoms with Crippen molar-refractivity contribution in [1.29, 1.82) is 0 Å². The number of fused-ring (bicyclic) bond motifs is 5. The van der Waals surface area contributed by atoms with E-state index in [0.29, 0.717) is 24.5 Å². The third kappa shape index (κ3) is 2.65. The molecule has 0 radical (unpaired) electrons. The number of carbonyl (C=O) groups is 2. The summed E-state index contributed by atoms with van der Waals surface area (Å²) >= 11 is 0. The molecule has 3 aliphatic rings. The van der Waals surface area contributed by atoms with Crippen LogP contribution in [0.1, 0.15) is 36.2 Å².